The quantitative estimate of drug-likeness (QED) is 0.0343. The fraction of sp³-hybridized carbons (Fsp3) is 1.00. The van der Waals surface area contributed by atoms with Crippen LogP contribution in [0.25, 0.3) is 0 Å². The summed E-state index contributed by atoms with van der Waals surface area (Å²) in [5.74, 6) is 5.77. The van der Waals surface area contributed by atoms with Gasteiger partial charge in [0.2, 0.25) is 0 Å². The molecule has 0 spiro atoms. The van der Waals surface area contributed by atoms with E-state index in [1.165, 1.54) is 109 Å². The second kappa shape index (κ2) is 34.0. The lowest BCUT2D eigenvalue weighted by atomic mass is 9.91. The second-order valence-corrected chi connectivity index (χ2v) is 21.8. The maximum Gasteiger partial charge on any atom is 0.397 e. The third-order valence-electron chi connectivity index (χ3n) is 13.1. The normalized spacial score (nSPS) is 23.6. The molecule has 1 aliphatic rings. The van der Waals surface area contributed by atoms with Gasteiger partial charge in [-0.25, -0.2) is 4.18 Å². The van der Waals surface area contributed by atoms with E-state index >= 15 is 0 Å². The Morgan fingerprint density at radius 3 is 1.26 bits per heavy atom. The first kappa shape index (κ1) is 58.6. The van der Waals surface area contributed by atoms with E-state index in [-0.39, 0.29) is 13.2 Å². The topological polar surface area (TPSA) is 161 Å². The van der Waals surface area contributed by atoms with Crippen molar-refractivity contribution in [3.8, 4) is 0 Å². The predicted octanol–water partition coefficient (Wildman–Crippen LogP) is 11.0. The lowest BCUT2D eigenvalue weighted by molar-refractivity contribution is -0.305. The molecule has 1 fully saturated rings. The van der Waals surface area contributed by atoms with Gasteiger partial charge in [0, 0.05) is 13.2 Å². The zero-order chi connectivity index (χ0) is 45.8. The average molecular weight is 895 g/mol. The highest BCUT2D eigenvalue weighted by molar-refractivity contribution is 7.80. The molecule has 1 heterocycles. The molecule has 0 amide bonds. The van der Waals surface area contributed by atoms with Crippen LogP contribution in [-0.2, 0) is 33.5 Å². The lowest BCUT2D eigenvalue weighted by Gasteiger charge is -2.40. The molecule has 0 bridgehead atoms. The first-order valence-electron chi connectivity index (χ1n) is 24.9. The zero-order valence-corrected chi connectivity index (χ0v) is 41.6. The first-order chi connectivity index (χ1) is 28.8. The number of hydrogen-bond donors (Lipinski definition) is 4. The number of aliphatic hydroxyl groups excluding tert-OH is 3. The average Bonchev–Trinajstić information content (AvgIpc) is 3.17. The van der Waals surface area contributed by atoms with Gasteiger partial charge in [-0.2, -0.15) is 8.42 Å². The van der Waals surface area contributed by atoms with Crippen LogP contribution in [0.4, 0.5) is 0 Å². The van der Waals surface area contributed by atoms with Gasteiger partial charge in [0.1, 0.15) is 30.5 Å². The molecule has 12 heteroatoms. The van der Waals surface area contributed by atoms with Crippen molar-refractivity contribution in [3.63, 3.8) is 0 Å². The molecule has 0 radical (unpaired) electrons. The molecule has 0 aromatic heterocycles. The Bertz CT molecular complexity index is 1140. The summed E-state index contributed by atoms with van der Waals surface area (Å²) in [6.07, 6.45) is 16.9. The van der Waals surface area contributed by atoms with E-state index in [2.05, 4.69) is 73.4 Å². The summed E-state index contributed by atoms with van der Waals surface area (Å²) < 4.78 is 59.4. The van der Waals surface area contributed by atoms with E-state index in [1.54, 1.807) is 0 Å². The van der Waals surface area contributed by atoms with Crippen molar-refractivity contribution in [2.75, 3.05) is 33.0 Å². The number of hydrogen-bond acceptors (Lipinski definition) is 10. The van der Waals surface area contributed by atoms with Gasteiger partial charge < -0.3 is 34.3 Å². The molecule has 1 aliphatic heterocycles. The molecule has 4 N–H and O–H groups in total. The number of aliphatic hydroxyl groups is 3. The van der Waals surface area contributed by atoms with Crippen molar-refractivity contribution in [2.24, 2.45) is 47.3 Å². The maximum atomic E-state index is 11.1. The Balaban J connectivity index is 2.55. The van der Waals surface area contributed by atoms with Gasteiger partial charge in [-0.3, -0.25) is 4.55 Å². The van der Waals surface area contributed by atoms with E-state index in [1.807, 2.05) is 0 Å². The van der Waals surface area contributed by atoms with Crippen LogP contribution in [0.5, 0.6) is 0 Å². The minimum atomic E-state index is -4.81. The van der Waals surface area contributed by atoms with Crippen molar-refractivity contribution in [3.05, 3.63) is 0 Å². The Labute approximate surface area is 375 Å². The van der Waals surface area contributed by atoms with Gasteiger partial charge in [0.25, 0.3) is 0 Å². The van der Waals surface area contributed by atoms with E-state index in [0.717, 1.165) is 54.8 Å². The molecule has 0 aromatic rings. The molecule has 1 saturated heterocycles. The largest absolute Gasteiger partial charge is 0.397 e. The minimum Gasteiger partial charge on any atom is -0.387 e. The Kier molecular flexibility index (Phi) is 32.6. The summed E-state index contributed by atoms with van der Waals surface area (Å²) in [7, 11) is -4.81. The van der Waals surface area contributed by atoms with Crippen molar-refractivity contribution in [1.82, 2.24) is 0 Å². The van der Waals surface area contributed by atoms with Gasteiger partial charge >= 0.3 is 10.4 Å². The predicted molar refractivity (Wildman–Crippen MR) is 248 cm³/mol. The molecule has 1 rings (SSSR count). The minimum absolute atomic E-state index is 0.0250. The van der Waals surface area contributed by atoms with Crippen LogP contribution in [0.3, 0.4) is 0 Å². The van der Waals surface area contributed by atoms with E-state index in [9.17, 15) is 23.7 Å². The van der Waals surface area contributed by atoms with Crippen molar-refractivity contribution < 1.29 is 51.4 Å². The molecule has 0 aromatic carbocycles. The lowest BCUT2D eigenvalue weighted by Crippen LogP contribution is -2.59. The number of ether oxygens (including phenoxy) is 4. The van der Waals surface area contributed by atoms with Gasteiger partial charge in [-0.05, 0) is 60.2 Å². The van der Waals surface area contributed by atoms with Crippen LogP contribution in [0.1, 0.15) is 198 Å². The third-order valence-corrected chi connectivity index (χ3v) is 13.5. The molecular weight excluding hydrogens is 797 g/mol. The Morgan fingerprint density at radius 1 is 0.492 bits per heavy atom. The molecule has 11 nitrogen and oxygen atoms in total. The van der Waals surface area contributed by atoms with Gasteiger partial charge in [-0.1, -0.05) is 185 Å². The zero-order valence-electron chi connectivity index (χ0n) is 40.8. The standard InChI is InChI=1S/C49H98O11S/c1-36(2)17-11-19-38(5)21-13-23-40(7)25-15-27-42(9)29-31-56-33-44(34-58-49-48(52)47(51)46(50)45(60-49)35-59-61(53,54)55)57-32-30-43(10)28-16-26-41(8)24-14-22-39(6)20-12-18-37(3)4/h36-52H,11-35H2,1-10H3,(H,53,54,55)/t38-,39-,40-,41-,42?,43?,44+,45-,46-,47+,48-,49+/m1/s1. The second-order valence-electron chi connectivity index (χ2n) is 20.7. The monoisotopic (exact) mass is 895 g/mol. The summed E-state index contributed by atoms with van der Waals surface area (Å²) in [4.78, 5) is 0. The highest BCUT2D eigenvalue weighted by Crippen LogP contribution is 2.26. The SMILES string of the molecule is CC(C)CCC[C@@H](C)CCC[C@@H](C)CCCC(C)CCOC[C@@H](CO[C@H]1O[C@H](COS(=O)(=O)O)[C@@H](O)[C@H](O)[C@H]1O)OCCC(C)CCC[C@H](C)CCC[C@H](C)CCCC(C)C. The summed E-state index contributed by atoms with van der Waals surface area (Å²) >= 11 is 0. The van der Waals surface area contributed by atoms with Gasteiger partial charge in [-0.15, -0.1) is 0 Å². The van der Waals surface area contributed by atoms with Crippen molar-refractivity contribution >= 4 is 10.4 Å². The molecular formula is C49H98O11S. The molecule has 0 saturated carbocycles. The van der Waals surface area contributed by atoms with Gasteiger partial charge in [0.15, 0.2) is 6.29 Å². The summed E-state index contributed by atoms with van der Waals surface area (Å²) in [5, 5.41) is 31.4. The van der Waals surface area contributed by atoms with Crippen LogP contribution in [0.15, 0.2) is 0 Å². The highest BCUT2D eigenvalue weighted by Gasteiger charge is 2.45. The van der Waals surface area contributed by atoms with Crippen LogP contribution in [0.2, 0.25) is 0 Å². The molecule has 61 heavy (non-hydrogen) atoms. The molecule has 366 valence electrons. The fourth-order valence-electron chi connectivity index (χ4n) is 8.50. The maximum absolute atomic E-state index is 11.1. The van der Waals surface area contributed by atoms with Crippen LogP contribution in [-0.4, -0.2) is 98.1 Å². The van der Waals surface area contributed by atoms with Crippen LogP contribution < -0.4 is 0 Å². The third kappa shape index (κ3) is 31.2. The van der Waals surface area contributed by atoms with E-state index in [0.29, 0.717) is 25.0 Å². The summed E-state index contributed by atoms with van der Waals surface area (Å²) in [6.45, 7) is 24.0. The van der Waals surface area contributed by atoms with Gasteiger partial charge in [0.05, 0.1) is 19.8 Å². The van der Waals surface area contributed by atoms with Crippen molar-refractivity contribution in [1.29, 1.82) is 0 Å². The molecule has 12 atom stereocenters. The van der Waals surface area contributed by atoms with E-state index in [4.69, 9.17) is 23.5 Å². The van der Waals surface area contributed by atoms with E-state index < -0.39 is 53.8 Å². The first-order valence-corrected chi connectivity index (χ1v) is 26.3. The summed E-state index contributed by atoms with van der Waals surface area (Å²) in [5.41, 5.74) is 0. The Hall–Kier alpha value is -0.410. The molecule has 0 aliphatic carbocycles. The number of rotatable bonds is 39. The summed E-state index contributed by atoms with van der Waals surface area (Å²) in [6, 6.07) is 0. The Morgan fingerprint density at radius 2 is 0.869 bits per heavy atom. The van der Waals surface area contributed by atoms with Crippen LogP contribution >= 0.6 is 0 Å². The van der Waals surface area contributed by atoms with Crippen molar-refractivity contribution in [2.45, 2.75) is 234 Å². The fourth-order valence-corrected chi connectivity index (χ4v) is 8.81. The smallest absolute Gasteiger partial charge is 0.387 e. The molecule has 2 unspecified atom stereocenters. The highest BCUT2D eigenvalue weighted by atomic mass is 32.3. The van der Waals surface area contributed by atoms with Crippen LogP contribution in [0, 0.1) is 47.3 Å².